The molecule has 0 N–H and O–H groups in total. The molecular weight excluding hydrogens is 304 g/mol. The van der Waals surface area contributed by atoms with Gasteiger partial charge < -0.3 is 9.64 Å². The number of hydrogen-bond donors (Lipinski definition) is 0. The molecule has 2 heterocycles. The van der Waals surface area contributed by atoms with Gasteiger partial charge in [0.1, 0.15) is 5.75 Å². The van der Waals surface area contributed by atoms with E-state index in [0.29, 0.717) is 17.9 Å². The van der Waals surface area contributed by atoms with Crippen LogP contribution in [-0.2, 0) is 4.79 Å². The van der Waals surface area contributed by atoms with Crippen LogP contribution in [0.4, 0.5) is 0 Å². The average Bonchev–Trinajstić information content (AvgIpc) is 3.16. The zero-order valence-electron chi connectivity index (χ0n) is 13.6. The maximum atomic E-state index is 12.7. The second-order valence-electron chi connectivity index (χ2n) is 5.96. The van der Waals surface area contributed by atoms with E-state index in [1.807, 2.05) is 21.8 Å². The van der Waals surface area contributed by atoms with Crippen LogP contribution in [0.1, 0.15) is 31.4 Å². The molecule has 24 heavy (non-hydrogen) atoms. The fourth-order valence-corrected chi connectivity index (χ4v) is 2.99. The fourth-order valence-electron chi connectivity index (χ4n) is 2.99. The maximum Gasteiger partial charge on any atom is 0.263 e. The van der Waals surface area contributed by atoms with E-state index < -0.39 is 6.10 Å². The zero-order valence-corrected chi connectivity index (χ0v) is 13.6. The Kier molecular flexibility index (Phi) is 4.80. The van der Waals surface area contributed by atoms with E-state index in [2.05, 4.69) is 11.2 Å². The van der Waals surface area contributed by atoms with E-state index in [-0.39, 0.29) is 11.9 Å². The topological polar surface area (TPSA) is 71.2 Å². The third-order valence-corrected chi connectivity index (χ3v) is 4.25. The molecule has 1 fully saturated rings. The van der Waals surface area contributed by atoms with Crippen molar-refractivity contribution in [2.45, 2.75) is 31.9 Å². The van der Waals surface area contributed by atoms with E-state index in [1.54, 1.807) is 37.4 Å². The number of amides is 1. The number of benzene rings is 1. The first kappa shape index (κ1) is 16.1. The molecule has 6 heteroatoms. The predicted octanol–water partition coefficient (Wildman–Crippen LogP) is 2.39. The van der Waals surface area contributed by atoms with Gasteiger partial charge >= 0.3 is 0 Å². The number of rotatable bonds is 4. The van der Waals surface area contributed by atoms with Crippen LogP contribution in [0, 0.1) is 11.3 Å². The van der Waals surface area contributed by atoms with Crippen LogP contribution in [0.3, 0.4) is 0 Å². The van der Waals surface area contributed by atoms with Crippen molar-refractivity contribution in [1.82, 2.24) is 14.7 Å². The monoisotopic (exact) mass is 324 g/mol. The average molecular weight is 324 g/mol. The standard InChI is InChI=1S/C18H20N4O2/c1-14(24-17-7-5-15(12-19)6-8-17)18(23)21-10-2-4-16(13-21)22-11-3-9-20-22/h3,5-9,11,14,16H,2,4,10,13H2,1H3. The molecule has 0 saturated carbocycles. The molecule has 0 radical (unpaired) electrons. The Morgan fingerprint density at radius 2 is 2.21 bits per heavy atom. The Balaban J connectivity index is 1.61. The van der Waals surface area contributed by atoms with Crippen LogP contribution < -0.4 is 4.74 Å². The van der Waals surface area contributed by atoms with Gasteiger partial charge in [-0.1, -0.05) is 0 Å². The summed E-state index contributed by atoms with van der Waals surface area (Å²) in [5, 5.41) is 13.1. The molecule has 1 amide bonds. The number of ether oxygens (including phenoxy) is 1. The second kappa shape index (κ2) is 7.18. The van der Waals surface area contributed by atoms with Crippen LogP contribution >= 0.6 is 0 Å². The number of likely N-dealkylation sites (tertiary alicyclic amines) is 1. The van der Waals surface area contributed by atoms with Gasteiger partial charge in [-0.3, -0.25) is 9.48 Å². The van der Waals surface area contributed by atoms with E-state index in [9.17, 15) is 4.79 Å². The summed E-state index contributed by atoms with van der Waals surface area (Å²) in [4.78, 5) is 14.5. The van der Waals surface area contributed by atoms with E-state index in [0.717, 1.165) is 19.4 Å². The van der Waals surface area contributed by atoms with Gasteiger partial charge in [0.05, 0.1) is 17.7 Å². The number of hydrogen-bond acceptors (Lipinski definition) is 4. The minimum Gasteiger partial charge on any atom is -0.481 e. The van der Waals surface area contributed by atoms with Crippen molar-refractivity contribution < 1.29 is 9.53 Å². The molecule has 3 rings (SSSR count). The highest BCUT2D eigenvalue weighted by molar-refractivity contribution is 5.81. The molecular formula is C18H20N4O2. The highest BCUT2D eigenvalue weighted by atomic mass is 16.5. The highest BCUT2D eigenvalue weighted by Crippen LogP contribution is 2.22. The number of carbonyl (C=O) groups excluding carboxylic acids is 1. The number of nitriles is 1. The van der Waals surface area contributed by atoms with Crippen LogP contribution in [0.15, 0.2) is 42.7 Å². The van der Waals surface area contributed by atoms with E-state index >= 15 is 0 Å². The summed E-state index contributed by atoms with van der Waals surface area (Å²) in [5.74, 6) is 0.576. The Bertz CT molecular complexity index is 718. The summed E-state index contributed by atoms with van der Waals surface area (Å²) in [7, 11) is 0. The van der Waals surface area contributed by atoms with Crippen molar-refractivity contribution in [3.8, 4) is 11.8 Å². The quantitative estimate of drug-likeness (QED) is 0.866. The van der Waals surface area contributed by atoms with Crippen LogP contribution in [0.25, 0.3) is 0 Å². The van der Waals surface area contributed by atoms with Crippen LogP contribution in [0.5, 0.6) is 5.75 Å². The molecule has 0 bridgehead atoms. The molecule has 2 aromatic rings. The molecule has 1 saturated heterocycles. The first-order chi connectivity index (χ1) is 11.7. The molecule has 1 aliphatic rings. The lowest BCUT2D eigenvalue weighted by Gasteiger charge is -2.34. The van der Waals surface area contributed by atoms with Crippen molar-refractivity contribution in [3.63, 3.8) is 0 Å². The van der Waals surface area contributed by atoms with Gasteiger partial charge in [0.25, 0.3) is 5.91 Å². The first-order valence-electron chi connectivity index (χ1n) is 8.12. The van der Waals surface area contributed by atoms with Crippen molar-refractivity contribution in [3.05, 3.63) is 48.3 Å². The molecule has 1 aromatic carbocycles. The zero-order chi connectivity index (χ0) is 16.9. The Morgan fingerprint density at radius 1 is 1.42 bits per heavy atom. The number of nitrogens with zero attached hydrogens (tertiary/aromatic N) is 4. The SMILES string of the molecule is CC(Oc1ccc(C#N)cc1)C(=O)N1CCCC(n2cccn2)C1. The van der Waals surface area contributed by atoms with Gasteiger partial charge in [-0.05, 0) is 50.1 Å². The Hall–Kier alpha value is -2.81. The van der Waals surface area contributed by atoms with Gasteiger partial charge in [-0.15, -0.1) is 0 Å². The predicted molar refractivity (Wildman–Crippen MR) is 88.3 cm³/mol. The third-order valence-electron chi connectivity index (χ3n) is 4.25. The van der Waals surface area contributed by atoms with Gasteiger partial charge in [0.2, 0.25) is 0 Å². The summed E-state index contributed by atoms with van der Waals surface area (Å²) in [6.45, 7) is 3.16. The number of carbonyl (C=O) groups is 1. The normalized spacial score (nSPS) is 18.7. The fraction of sp³-hybridized carbons (Fsp3) is 0.389. The summed E-state index contributed by atoms with van der Waals surface area (Å²) in [6.07, 6.45) is 5.12. The molecule has 2 unspecified atom stereocenters. The van der Waals surface area contributed by atoms with Crippen molar-refractivity contribution in [2.75, 3.05) is 13.1 Å². The lowest BCUT2D eigenvalue weighted by atomic mass is 10.1. The largest absolute Gasteiger partial charge is 0.481 e. The lowest BCUT2D eigenvalue weighted by Crippen LogP contribution is -2.46. The summed E-state index contributed by atoms with van der Waals surface area (Å²) in [5.41, 5.74) is 0.569. The van der Waals surface area contributed by atoms with E-state index in [4.69, 9.17) is 10.00 Å². The highest BCUT2D eigenvalue weighted by Gasteiger charge is 2.28. The third kappa shape index (κ3) is 3.57. The van der Waals surface area contributed by atoms with Gasteiger partial charge in [-0.25, -0.2) is 0 Å². The minimum atomic E-state index is -0.561. The van der Waals surface area contributed by atoms with Gasteiger partial charge in [0.15, 0.2) is 6.10 Å². The maximum absolute atomic E-state index is 12.7. The molecule has 1 aromatic heterocycles. The molecule has 2 atom stereocenters. The van der Waals surface area contributed by atoms with Crippen LogP contribution in [0.2, 0.25) is 0 Å². The van der Waals surface area contributed by atoms with Gasteiger partial charge in [0, 0.05) is 25.5 Å². The molecule has 1 aliphatic heterocycles. The Labute approximate surface area is 141 Å². The lowest BCUT2D eigenvalue weighted by molar-refractivity contribution is -0.139. The molecule has 124 valence electrons. The second-order valence-corrected chi connectivity index (χ2v) is 5.96. The molecule has 0 spiro atoms. The smallest absolute Gasteiger partial charge is 0.263 e. The number of aromatic nitrogens is 2. The van der Waals surface area contributed by atoms with Crippen molar-refractivity contribution in [2.24, 2.45) is 0 Å². The summed E-state index contributed by atoms with van der Waals surface area (Å²) in [6, 6.07) is 11.0. The summed E-state index contributed by atoms with van der Waals surface area (Å²) >= 11 is 0. The van der Waals surface area contributed by atoms with E-state index in [1.165, 1.54) is 0 Å². The minimum absolute atomic E-state index is 0.0174. The Morgan fingerprint density at radius 3 is 2.88 bits per heavy atom. The molecule has 6 nitrogen and oxygen atoms in total. The van der Waals surface area contributed by atoms with Crippen molar-refractivity contribution >= 4 is 5.91 Å². The summed E-state index contributed by atoms with van der Waals surface area (Å²) < 4.78 is 7.65. The van der Waals surface area contributed by atoms with Crippen LogP contribution in [-0.4, -0.2) is 39.8 Å². The number of piperidine rings is 1. The molecule has 0 aliphatic carbocycles. The van der Waals surface area contributed by atoms with Crippen molar-refractivity contribution in [1.29, 1.82) is 5.26 Å². The first-order valence-corrected chi connectivity index (χ1v) is 8.12. The van der Waals surface area contributed by atoms with Gasteiger partial charge in [-0.2, -0.15) is 10.4 Å².